The number of hydrogen-bond donors (Lipinski definition) is 2. The standard InChI is InChI=1S/C3H7O3P.Na/c1-3(2)7(4,5)6;/h1H2,2H3,(H2,4,5,6);. The van der Waals surface area contributed by atoms with Gasteiger partial charge in [0.25, 0.3) is 0 Å². The Bertz CT molecular complexity index is 126. The summed E-state index contributed by atoms with van der Waals surface area (Å²) in [6.45, 7) is 4.36. The second kappa shape index (κ2) is 3.83. The van der Waals surface area contributed by atoms with Crippen molar-refractivity contribution in [1.29, 1.82) is 0 Å². The van der Waals surface area contributed by atoms with Gasteiger partial charge < -0.3 is 9.79 Å². The van der Waals surface area contributed by atoms with Crippen molar-refractivity contribution in [1.82, 2.24) is 0 Å². The summed E-state index contributed by atoms with van der Waals surface area (Å²) in [5.41, 5.74) is 0. The van der Waals surface area contributed by atoms with Crippen LogP contribution < -0.4 is 0 Å². The Kier molecular flexibility index (Phi) is 5.58. The third-order valence-corrected chi connectivity index (χ3v) is 1.49. The minimum atomic E-state index is -3.93. The molecule has 0 rings (SSSR count). The first-order valence-electron chi connectivity index (χ1n) is 1.66. The molecule has 43 valence electrons. The van der Waals surface area contributed by atoms with E-state index in [9.17, 15) is 4.57 Å². The first-order chi connectivity index (χ1) is 2.94. The first-order valence-corrected chi connectivity index (χ1v) is 3.27. The molecule has 0 aliphatic carbocycles. The fourth-order valence-electron chi connectivity index (χ4n) is 0. The van der Waals surface area contributed by atoms with Gasteiger partial charge >= 0.3 is 7.60 Å². The van der Waals surface area contributed by atoms with Crippen molar-refractivity contribution in [3.63, 3.8) is 0 Å². The van der Waals surface area contributed by atoms with Crippen molar-refractivity contribution in [2.75, 3.05) is 0 Å². The van der Waals surface area contributed by atoms with Gasteiger partial charge in [0.1, 0.15) is 0 Å². The van der Waals surface area contributed by atoms with E-state index in [4.69, 9.17) is 9.79 Å². The van der Waals surface area contributed by atoms with Crippen molar-refractivity contribution in [3.05, 3.63) is 11.9 Å². The fourth-order valence-corrected chi connectivity index (χ4v) is 0. The van der Waals surface area contributed by atoms with Crippen LogP contribution in [-0.2, 0) is 4.57 Å². The largest absolute Gasteiger partial charge is 0.351 e. The molecule has 0 aromatic rings. The summed E-state index contributed by atoms with van der Waals surface area (Å²) in [6, 6.07) is 0. The Morgan fingerprint density at radius 3 is 1.75 bits per heavy atom. The van der Waals surface area contributed by atoms with E-state index in [1.165, 1.54) is 6.92 Å². The van der Waals surface area contributed by atoms with Gasteiger partial charge in [0, 0.05) is 34.9 Å². The molecule has 0 amide bonds. The van der Waals surface area contributed by atoms with Gasteiger partial charge in [-0.25, -0.2) is 0 Å². The normalized spacial score (nSPS) is 9.88. The van der Waals surface area contributed by atoms with Gasteiger partial charge in [-0.05, 0) is 6.92 Å². The van der Waals surface area contributed by atoms with Gasteiger partial charge in [-0.2, -0.15) is 0 Å². The summed E-state index contributed by atoms with van der Waals surface area (Å²) in [6.07, 6.45) is 0. The molecule has 3 nitrogen and oxygen atoms in total. The van der Waals surface area contributed by atoms with Crippen LogP contribution in [0.3, 0.4) is 0 Å². The minimum Gasteiger partial charge on any atom is -0.321 e. The molecule has 0 aromatic carbocycles. The number of hydrogen-bond acceptors (Lipinski definition) is 1. The van der Waals surface area contributed by atoms with E-state index < -0.39 is 7.60 Å². The molecule has 2 N–H and O–H groups in total. The average Bonchev–Trinajstić information content (AvgIpc) is 1.31. The van der Waals surface area contributed by atoms with Crippen molar-refractivity contribution >= 4 is 37.2 Å². The van der Waals surface area contributed by atoms with Gasteiger partial charge in [-0.15, -0.1) is 0 Å². The van der Waals surface area contributed by atoms with E-state index in [2.05, 4.69) is 6.58 Å². The summed E-state index contributed by atoms with van der Waals surface area (Å²) in [5, 5.41) is -0.0903. The van der Waals surface area contributed by atoms with Crippen LogP contribution in [0.1, 0.15) is 6.92 Å². The zero-order valence-corrected chi connectivity index (χ0v) is 7.85. The Balaban J connectivity index is 0. The maximum atomic E-state index is 9.93. The molecule has 0 saturated carbocycles. The molecule has 5 heteroatoms. The Morgan fingerprint density at radius 1 is 1.62 bits per heavy atom. The molecule has 0 aromatic heterocycles. The van der Waals surface area contributed by atoms with Gasteiger partial charge in [-0.3, -0.25) is 4.57 Å². The molecule has 0 aliphatic heterocycles. The van der Waals surface area contributed by atoms with Crippen LogP contribution in [-0.4, -0.2) is 39.3 Å². The second-order valence-corrected chi connectivity index (χ2v) is 3.13. The molecule has 0 spiro atoms. The SMILES string of the molecule is C=C(C)P(=O)(O)O.[Na]. The minimum absolute atomic E-state index is 0. The molecule has 0 heterocycles. The summed E-state index contributed by atoms with van der Waals surface area (Å²) < 4.78 is 9.93. The van der Waals surface area contributed by atoms with Crippen molar-refractivity contribution in [3.8, 4) is 0 Å². The summed E-state index contributed by atoms with van der Waals surface area (Å²) in [4.78, 5) is 16.2. The molecule has 1 radical (unpaired) electrons. The molecule has 0 atom stereocenters. The maximum absolute atomic E-state index is 9.93. The maximum Gasteiger partial charge on any atom is 0.351 e. The molecule has 0 unspecified atom stereocenters. The predicted octanol–water partition coefficient (Wildman–Crippen LogP) is 0.317. The average molecular weight is 145 g/mol. The van der Waals surface area contributed by atoms with Crippen LogP contribution in [0, 0.1) is 0 Å². The van der Waals surface area contributed by atoms with Gasteiger partial charge in [0.15, 0.2) is 0 Å². The zero-order chi connectivity index (χ0) is 6.08. The van der Waals surface area contributed by atoms with Crippen molar-refractivity contribution < 1.29 is 14.4 Å². The van der Waals surface area contributed by atoms with E-state index in [1.807, 2.05) is 0 Å². The molecule has 0 aliphatic rings. The quantitative estimate of drug-likeness (QED) is 0.412. The van der Waals surface area contributed by atoms with Gasteiger partial charge in [0.05, 0.1) is 0 Å². The van der Waals surface area contributed by atoms with Crippen molar-refractivity contribution in [2.45, 2.75) is 6.92 Å². The Labute approximate surface area is 70.2 Å². The summed E-state index contributed by atoms with van der Waals surface area (Å²) in [5.74, 6) is 0. The van der Waals surface area contributed by atoms with Crippen LogP contribution in [0.25, 0.3) is 0 Å². The van der Waals surface area contributed by atoms with Crippen LogP contribution in [0.4, 0.5) is 0 Å². The zero-order valence-electron chi connectivity index (χ0n) is 4.96. The summed E-state index contributed by atoms with van der Waals surface area (Å²) in [7, 11) is -3.93. The van der Waals surface area contributed by atoms with E-state index in [-0.39, 0.29) is 34.9 Å². The van der Waals surface area contributed by atoms with Gasteiger partial charge in [-0.1, -0.05) is 6.58 Å². The third kappa shape index (κ3) is 5.04. The topological polar surface area (TPSA) is 57.5 Å². The van der Waals surface area contributed by atoms with E-state index in [0.29, 0.717) is 0 Å². The number of rotatable bonds is 1. The predicted molar refractivity (Wildman–Crippen MR) is 32.6 cm³/mol. The smallest absolute Gasteiger partial charge is 0.321 e. The monoisotopic (exact) mass is 145 g/mol. The molecular formula is C3H7NaO3P. The Hall–Kier alpha value is 0.890. The van der Waals surface area contributed by atoms with E-state index in [0.717, 1.165) is 0 Å². The van der Waals surface area contributed by atoms with Gasteiger partial charge in [0.2, 0.25) is 0 Å². The molecule has 0 bridgehead atoms. The van der Waals surface area contributed by atoms with Crippen LogP contribution in [0.15, 0.2) is 11.9 Å². The van der Waals surface area contributed by atoms with Crippen molar-refractivity contribution in [2.24, 2.45) is 0 Å². The van der Waals surface area contributed by atoms with Crippen LogP contribution in [0.5, 0.6) is 0 Å². The Morgan fingerprint density at radius 2 is 1.75 bits per heavy atom. The number of allylic oxidation sites excluding steroid dienone is 1. The second-order valence-electron chi connectivity index (χ2n) is 1.28. The molecule has 0 fully saturated rings. The van der Waals surface area contributed by atoms with E-state index >= 15 is 0 Å². The molecular weight excluding hydrogens is 138 g/mol. The first kappa shape index (κ1) is 11.7. The van der Waals surface area contributed by atoms with Crippen LogP contribution >= 0.6 is 7.60 Å². The molecule has 8 heavy (non-hydrogen) atoms. The molecule has 0 saturated heterocycles. The van der Waals surface area contributed by atoms with E-state index in [1.54, 1.807) is 0 Å². The summed E-state index contributed by atoms with van der Waals surface area (Å²) >= 11 is 0. The third-order valence-electron chi connectivity index (χ3n) is 0.497. The van der Waals surface area contributed by atoms with Crippen LogP contribution in [0.2, 0.25) is 0 Å². The fraction of sp³-hybridized carbons (Fsp3) is 0.333.